The second-order valence-electron chi connectivity index (χ2n) is 13.8. The molecule has 1 saturated carbocycles. The molecule has 0 bridgehead atoms. The maximum atomic E-state index is 13.8. The van der Waals surface area contributed by atoms with Crippen LogP contribution >= 0.6 is 0 Å². The number of amides is 7. The number of phenols is 1. The molecule has 18 nitrogen and oxygen atoms in total. The molecule has 1 fully saturated rings. The number of carbonyl (C=O) groups excluding carboxylic acids is 7. The Kier molecular flexibility index (Phi) is 16.0. The summed E-state index contributed by atoms with van der Waals surface area (Å²) >= 11 is 0. The molecule has 0 aliphatic heterocycles. The van der Waals surface area contributed by atoms with E-state index in [0.29, 0.717) is 18.4 Å². The number of nitrogens with two attached hydrogens (primary N) is 2. The molecule has 0 spiro atoms. The van der Waals surface area contributed by atoms with E-state index in [1.165, 1.54) is 19.1 Å². The summed E-state index contributed by atoms with van der Waals surface area (Å²) in [5.74, 6) is -7.76. The van der Waals surface area contributed by atoms with Crippen molar-refractivity contribution < 1.29 is 48.6 Å². The van der Waals surface area contributed by atoms with Crippen LogP contribution in [0.3, 0.4) is 0 Å². The fraction of sp³-hybridized carbons (Fsp3) is 0.588. The normalized spacial score (nSPS) is 16.4. The largest absolute Gasteiger partial charge is 0.508 e. The maximum Gasteiger partial charge on any atom is 0.305 e. The molecule has 1 aromatic carbocycles. The average molecular weight is 733 g/mol. The van der Waals surface area contributed by atoms with Gasteiger partial charge in [0.25, 0.3) is 0 Å². The van der Waals surface area contributed by atoms with Gasteiger partial charge in [-0.3, -0.25) is 38.4 Å². The van der Waals surface area contributed by atoms with Gasteiger partial charge in [0, 0.05) is 0 Å². The van der Waals surface area contributed by atoms with E-state index in [0.717, 1.165) is 0 Å². The summed E-state index contributed by atoms with van der Waals surface area (Å²) in [7, 11) is 0. The quantitative estimate of drug-likeness (QED) is 0.0745. The van der Waals surface area contributed by atoms with Crippen LogP contribution < -0.4 is 43.4 Å². The van der Waals surface area contributed by atoms with Gasteiger partial charge in [-0.2, -0.15) is 0 Å². The Labute approximate surface area is 302 Å². The molecule has 1 aliphatic carbocycles. The minimum atomic E-state index is -1.66. The van der Waals surface area contributed by atoms with Crippen LogP contribution in [0.15, 0.2) is 24.3 Å². The molecular weight excluding hydrogens is 680 g/mol. The highest BCUT2D eigenvalue weighted by molar-refractivity contribution is 5.99. The number of rotatable bonds is 19. The Morgan fingerprint density at radius 2 is 1.29 bits per heavy atom. The van der Waals surface area contributed by atoms with E-state index >= 15 is 0 Å². The van der Waals surface area contributed by atoms with Gasteiger partial charge in [-0.05, 0) is 55.7 Å². The molecule has 12 N–H and O–H groups in total. The Morgan fingerprint density at radius 1 is 0.750 bits per heavy atom. The smallest absolute Gasteiger partial charge is 0.305 e. The number of hydrogen-bond acceptors (Lipinski definition) is 10. The fourth-order valence-electron chi connectivity index (χ4n) is 5.63. The van der Waals surface area contributed by atoms with Crippen molar-refractivity contribution in [2.75, 3.05) is 6.54 Å². The van der Waals surface area contributed by atoms with E-state index in [9.17, 15) is 48.6 Å². The van der Waals surface area contributed by atoms with E-state index < -0.39 is 108 Å². The maximum absolute atomic E-state index is 13.8. The van der Waals surface area contributed by atoms with Gasteiger partial charge in [-0.25, -0.2) is 0 Å². The van der Waals surface area contributed by atoms with Crippen molar-refractivity contribution in [1.82, 2.24) is 31.9 Å². The van der Waals surface area contributed by atoms with Gasteiger partial charge >= 0.3 is 5.97 Å². The summed E-state index contributed by atoms with van der Waals surface area (Å²) in [5, 5.41) is 34.1. The van der Waals surface area contributed by atoms with E-state index in [2.05, 4.69) is 31.9 Å². The number of hydrogen-bond donors (Lipinski definition) is 10. The molecule has 52 heavy (non-hydrogen) atoms. The second-order valence-corrected chi connectivity index (χ2v) is 13.8. The molecule has 0 heterocycles. The van der Waals surface area contributed by atoms with Gasteiger partial charge in [0.2, 0.25) is 41.4 Å². The number of phenolic OH excluding ortho intramolecular Hbond substituents is 1. The van der Waals surface area contributed by atoms with Gasteiger partial charge in [0.1, 0.15) is 35.5 Å². The van der Waals surface area contributed by atoms with Crippen LogP contribution in [0.1, 0.15) is 72.3 Å². The first-order valence-corrected chi connectivity index (χ1v) is 17.1. The highest BCUT2D eigenvalue weighted by Crippen LogP contribution is 2.30. The third-order valence-electron chi connectivity index (χ3n) is 8.67. The highest BCUT2D eigenvalue weighted by atomic mass is 16.4. The third kappa shape index (κ3) is 12.8. The number of carboxylic acids is 1. The SMILES string of the molecule is CC(C)[C@H](NC(=O)[C@H](CC(=O)O)NC(=O)C1(NC(=O)[C@H](C)NC(=O)[C@@H](N)Cc2ccc(O)cc2)CCCC1)C(=O)N[C@H](C(=O)NCC(N)=O)C(C)C. The molecule has 7 amide bonds. The zero-order valence-electron chi connectivity index (χ0n) is 30.1. The number of carbonyl (C=O) groups is 8. The monoisotopic (exact) mass is 732 g/mol. The van der Waals surface area contributed by atoms with Crippen molar-refractivity contribution in [3.63, 3.8) is 0 Å². The van der Waals surface area contributed by atoms with Gasteiger partial charge in [-0.15, -0.1) is 0 Å². The van der Waals surface area contributed by atoms with Crippen LogP contribution in [0.5, 0.6) is 5.75 Å². The molecular formula is C34H52N8O10. The van der Waals surface area contributed by atoms with Crippen molar-refractivity contribution in [2.24, 2.45) is 23.3 Å². The lowest BCUT2D eigenvalue weighted by molar-refractivity contribution is -0.142. The van der Waals surface area contributed by atoms with E-state index in [-0.39, 0.29) is 25.0 Å². The number of benzene rings is 1. The lowest BCUT2D eigenvalue weighted by Gasteiger charge is -2.33. The Bertz CT molecular complexity index is 1480. The van der Waals surface area contributed by atoms with Gasteiger partial charge in [0.15, 0.2) is 0 Å². The lowest BCUT2D eigenvalue weighted by atomic mass is 9.94. The average Bonchev–Trinajstić information content (AvgIpc) is 3.54. The van der Waals surface area contributed by atoms with Gasteiger partial charge in [0.05, 0.1) is 19.0 Å². The van der Waals surface area contributed by atoms with Crippen molar-refractivity contribution in [3.05, 3.63) is 29.8 Å². The lowest BCUT2D eigenvalue weighted by Crippen LogP contribution is -2.64. The molecule has 0 unspecified atom stereocenters. The van der Waals surface area contributed by atoms with Crippen LogP contribution in [0, 0.1) is 11.8 Å². The number of nitrogens with one attached hydrogen (secondary N) is 6. The summed E-state index contributed by atoms with van der Waals surface area (Å²) in [4.78, 5) is 102. The molecule has 288 valence electrons. The number of carboxylic acid groups (broad SMARTS) is 1. The van der Waals surface area contributed by atoms with Crippen LogP contribution in [0.4, 0.5) is 0 Å². The Balaban J connectivity index is 2.15. The first-order chi connectivity index (χ1) is 24.3. The summed E-state index contributed by atoms with van der Waals surface area (Å²) in [6.45, 7) is 7.47. The molecule has 1 aromatic rings. The number of aliphatic carboxylic acids is 1. The topological polar surface area (TPSA) is 301 Å². The zero-order chi connectivity index (χ0) is 39.3. The van der Waals surface area contributed by atoms with Crippen molar-refractivity contribution in [2.45, 2.75) is 109 Å². The first-order valence-electron chi connectivity index (χ1n) is 17.1. The summed E-state index contributed by atoms with van der Waals surface area (Å²) < 4.78 is 0. The van der Waals surface area contributed by atoms with Crippen LogP contribution in [0.2, 0.25) is 0 Å². The van der Waals surface area contributed by atoms with Crippen LogP contribution in [-0.2, 0) is 44.8 Å². The number of aromatic hydroxyl groups is 1. The van der Waals surface area contributed by atoms with E-state index in [1.807, 2.05) is 0 Å². The Hall–Kier alpha value is -5.26. The highest BCUT2D eigenvalue weighted by Gasteiger charge is 2.45. The number of primary amides is 1. The second kappa shape index (κ2) is 19.4. The Morgan fingerprint density at radius 3 is 1.81 bits per heavy atom. The predicted molar refractivity (Wildman–Crippen MR) is 187 cm³/mol. The summed E-state index contributed by atoms with van der Waals surface area (Å²) in [6, 6.07) is -0.0645. The molecule has 5 atom stereocenters. The molecule has 0 saturated heterocycles. The minimum Gasteiger partial charge on any atom is -0.508 e. The van der Waals surface area contributed by atoms with Gasteiger partial charge < -0.3 is 53.6 Å². The first kappa shape index (κ1) is 42.9. The van der Waals surface area contributed by atoms with Crippen molar-refractivity contribution in [3.8, 4) is 5.75 Å². The third-order valence-corrected chi connectivity index (χ3v) is 8.67. The molecule has 0 radical (unpaired) electrons. The van der Waals surface area contributed by atoms with E-state index in [4.69, 9.17) is 11.5 Å². The molecule has 0 aromatic heterocycles. The molecule has 1 aliphatic rings. The summed E-state index contributed by atoms with van der Waals surface area (Å²) in [6.07, 6.45) is 0.660. The summed E-state index contributed by atoms with van der Waals surface area (Å²) in [5.41, 5.74) is 10.3. The predicted octanol–water partition coefficient (Wildman–Crippen LogP) is -1.96. The van der Waals surface area contributed by atoms with Crippen LogP contribution in [0.25, 0.3) is 0 Å². The van der Waals surface area contributed by atoms with Crippen molar-refractivity contribution >= 4 is 47.3 Å². The van der Waals surface area contributed by atoms with E-state index in [1.54, 1.807) is 39.8 Å². The van der Waals surface area contributed by atoms with Crippen molar-refractivity contribution in [1.29, 1.82) is 0 Å². The minimum absolute atomic E-state index is 0.0528. The molecule has 2 rings (SSSR count). The van der Waals surface area contributed by atoms with Gasteiger partial charge in [-0.1, -0.05) is 52.7 Å². The fourth-order valence-corrected chi connectivity index (χ4v) is 5.63. The zero-order valence-corrected chi connectivity index (χ0v) is 30.1. The molecule has 18 heteroatoms. The van der Waals surface area contributed by atoms with Crippen LogP contribution in [-0.4, -0.2) is 99.8 Å². The standard InChI is InChI=1S/C34H52N8O10/c1-17(2)26(31(50)37-16-24(36)44)41-32(51)27(18(3)4)40-30(49)23(15-25(45)46)39-33(52)34(12-6-7-13-34)42-28(47)19(5)38-29(48)22(35)14-20-8-10-21(43)11-9-20/h8-11,17-19,22-23,26-27,43H,6-7,12-16,35H2,1-5H3,(H2,36,44)(H,37,50)(H,38,48)(H,39,52)(H,40,49)(H,41,51)(H,42,47)(H,45,46)/t19-,22-,23-,26-,27-/m0/s1.